The van der Waals surface area contributed by atoms with Crippen LogP contribution in [0.15, 0.2) is 94.9 Å². The number of benzene rings is 3. The summed E-state index contributed by atoms with van der Waals surface area (Å²) < 4.78 is 25.8. The molecule has 6 nitrogen and oxygen atoms in total. The number of sulfonamides is 1. The summed E-state index contributed by atoms with van der Waals surface area (Å²) in [6.07, 6.45) is 0. The van der Waals surface area contributed by atoms with Gasteiger partial charge in [-0.1, -0.05) is 60.7 Å². The van der Waals surface area contributed by atoms with Crippen LogP contribution in [0.25, 0.3) is 0 Å². The van der Waals surface area contributed by atoms with Crippen molar-refractivity contribution >= 4 is 21.6 Å². The fourth-order valence-corrected chi connectivity index (χ4v) is 3.29. The second-order valence-electron chi connectivity index (χ2n) is 5.87. The van der Waals surface area contributed by atoms with Crippen LogP contribution in [0.3, 0.4) is 0 Å². The predicted molar refractivity (Wildman–Crippen MR) is 109 cm³/mol. The predicted octanol–water partition coefficient (Wildman–Crippen LogP) is 2.78. The molecule has 0 aliphatic rings. The molecule has 0 saturated carbocycles. The van der Waals surface area contributed by atoms with Crippen molar-refractivity contribution in [2.75, 3.05) is 7.05 Å². The molecule has 28 heavy (non-hydrogen) atoms. The molecule has 0 aromatic heterocycles. The second kappa shape index (κ2) is 8.60. The number of hydrogen-bond acceptors (Lipinski definition) is 4. The van der Waals surface area contributed by atoms with Gasteiger partial charge in [0, 0.05) is 16.7 Å². The van der Waals surface area contributed by atoms with E-state index in [2.05, 4.69) is 15.2 Å². The molecule has 3 rings (SSSR count). The van der Waals surface area contributed by atoms with Crippen LogP contribution in [0.2, 0.25) is 0 Å². The largest absolute Gasteiger partial charge is 0.271 e. The van der Waals surface area contributed by atoms with Crippen molar-refractivity contribution in [3.8, 4) is 0 Å². The van der Waals surface area contributed by atoms with Gasteiger partial charge in [0.25, 0.3) is 5.91 Å². The summed E-state index contributed by atoms with van der Waals surface area (Å²) in [7, 11) is -2.21. The molecule has 142 valence electrons. The SMILES string of the molecule is CNS(=O)(=O)c1ccc(C(=O)NN=C(c2ccccc2)c2ccccc2)cc1. The maximum absolute atomic E-state index is 12.5. The highest BCUT2D eigenvalue weighted by atomic mass is 32.2. The Morgan fingerprint density at radius 1 is 0.750 bits per heavy atom. The van der Waals surface area contributed by atoms with Gasteiger partial charge in [-0.05, 0) is 31.3 Å². The molecule has 0 heterocycles. The molecule has 0 fully saturated rings. The van der Waals surface area contributed by atoms with E-state index in [4.69, 9.17) is 0 Å². The second-order valence-corrected chi connectivity index (χ2v) is 7.75. The van der Waals surface area contributed by atoms with Gasteiger partial charge in [-0.15, -0.1) is 0 Å². The van der Waals surface area contributed by atoms with Crippen molar-refractivity contribution in [1.82, 2.24) is 10.1 Å². The molecule has 0 saturated heterocycles. The Morgan fingerprint density at radius 2 is 1.25 bits per heavy atom. The Hall–Kier alpha value is -3.29. The van der Waals surface area contributed by atoms with Gasteiger partial charge in [0.1, 0.15) is 0 Å². The van der Waals surface area contributed by atoms with Gasteiger partial charge in [-0.25, -0.2) is 18.6 Å². The fourth-order valence-electron chi connectivity index (χ4n) is 2.56. The maximum Gasteiger partial charge on any atom is 0.271 e. The normalized spacial score (nSPS) is 10.9. The number of carbonyl (C=O) groups excluding carboxylic acids is 1. The van der Waals surface area contributed by atoms with E-state index in [-0.39, 0.29) is 4.90 Å². The van der Waals surface area contributed by atoms with Crippen LogP contribution in [0.4, 0.5) is 0 Å². The zero-order chi connectivity index (χ0) is 20.0. The molecule has 3 aromatic rings. The van der Waals surface area contributed by atoms with E-state index in [1.54, 1.807) is 0 Å². The topological polar surface area (TPSA) is 87.6 Å². The van der Waals surface area contributed by atoms with Gasteiger partial charge in [-0.2, -0.15) is 5.10 Å². The molecule has 7 heteroatoms. The van der Waals surface area contributed by atoms with E-state index in [1.807, 2.05) is 60.7 Å². The average molecular weight is 393 g/mol. The average Bonchev–Trinajstić information content (AvgIpc) is 2.75. The third-order valence-electron chi connectivity index (χ3n) is 4.06. The van der Waals surface area contributed by atoms with Gasteiger partial charge >= 0.3 is 0 Å². The van der Waals surface area contributed by atoms with Crippen LogP contribution in [-0.4, -0.2) is 27.1 Å². The lowest BCUT2D eigenvalue weighted by Gasteiger charge is -2.08. The standard InChI is InChI=1S/C21H19N3O3S/c1-22-28(26,27)19-14-12-18(13-15-19)21(25)24-23-20(16-8-4-2-5-9-16)17-10-6-3-7-11-17/h2-15,22H,1H3,(H,24,25). The fraction of sp³-hybridized carbons (Fsp3) is 0.0476. The van der Waals surface area contributed by atoms with Crippen molar-refractivity contribution in [3.63, 3.8) is 0 Å². The molecule has 0 unspecified atom stereocenters. The Morgan fingerprint density at radius 3 is 1.71 bits per heavy atom. The van der Waals surface area contributed by atoms with Crippen LogP contribution < -0.4 is 10.1 Å². The van der Waals surface area contributed by atoms with Crippen LogP contribution in [-0.2, 0) is 10.0 Å². The molecule has 0 aliphatic heterocycles. The molecule has 0 spiro atoms. The smallest absolute Gasteiger partial charge is 0.267 e. The first-order valence-corrected chi connectivity index (χ1v) is 10.0. The summed E-state index contributed by atoms with van der Waals surface area (Å²) in [5.74, 6) is -0.433. The lowest BCUT2D eigenvalue weighted by molar-refractivity contribution is 0.0955. The Bertz CT molecular complexity index is 1040. The molecule has 0 atom stereocenters. The Kier molecular flexibility index (Phi) is 5.98. The molecular formula is C21H19N3O3S. The van der Waals surface area contributed by atoms with Crippen LogP contribution in [0.1, 0.15) is 21.5 Å². The van der Waals surface area contributed by atoms with Crippen molar-refractivity contribution in [1.29, 1.82) is 0 Å². The third kappa shape index (κ3) is 4.51. The molecule has 0 aliphatic carbocycles. The van der Waals surface area contributed by atoms with Crippen LogP contribution in [0.5, 0.6) is 0 Å². The number of hydrogen-bond donors (Lipinski definition) is 2. The molecule has 3 aromatic carbocycles. The zero-order valence-corrected chi connectivity index (χ0v) is 16.0. The first-order chi connectivity index (χ1) is 13.5. The van der Waals surface area contributed by atoms with Gasteiger partial charge in [0.05, 0.1) is 10.6 Å². The highest BCUT2D eigenvalue weighted by molar-refractivity contribution is 7.89. The van der Waals surface area contributed by atoms with Gasteiger partial charge in [0.15, 0.2) is 0 Å². The number of amides is 1. The number of rotatable bonds is 6. The lowest BCUT2D eigenvalue weighted by Crippen LogP contribution is -2.21. The minimum Gasteiger partial charge on any atom is -0.267 e. The van der Waals surface area contributed by atoms with E-state index < -0.39 is 15.9 Å². The zero-order valence-electron chi connectivity index (χ0n) is 15.2. The molecule has 2 N–H and O–H groups in total. The minimum atomic E-state index is -3.55. The summed E-state index contributed by atoms with van der Waals surface area (Å²) in [5, 5.41) is 4.31. The van der Waals surface area contributed by atoms with Crippen molar-refractivity contribution in [2.24, 2.45) is 5.10 Å². The molecular weight excluding hydrogens is 374 g/mol. The highest BCUT2D eigenvalue weighted by Crippen LogP contribution is 2.12. The Labute approximate surface area is 164 Å². The van der Waals surface area contributed by atoms with Gasteiger partial charge in [0.2, 0.25) is 10.0 Å². The highest BCUT2D eigenvalue weighted by Gasteiger charge is 2.13. The van der Waals surface area contributed by atoms with Crippen molar-refractivity contribution in [3.05, 3.63) is 102 Å². The summed E-state index contributed by atoms with van der Waals surface area (Å²) in [4.78, 5) is 12.5. The first-order valence-electron chi connectivity index (χ1n) is 8.54. The van der Waals surface area contributed by atoms with E-state index in [0.29, 0.717) is 11.3 Å². The monoisotopic (exact) mass is 393 g/mol. The maximum atomic E-state index is 12.5. The third-order valence-corrected chi connectivity index (χ3v) is 5.49. The van der Waals surface area contributed by atoms with Crippen molar-refractivity contribution < 1.29 is 13.2 Å². The summed E-state index contributed by atoms with van der Waals surface area (Å²) in [5.41, 5.74) is 5.22. The van der Waals surface area contributed by atoms with Gasteiger partial charge < -0.3 is 0 Å². The van der Waals surface area contributed by atoms with Gasteiger partial charge in [-0.3, -0.25) is 4.79 Å². The van der Waals surface area contributed by atoms with Crippen molar-refractivity contribution in [2.45, 2.75) is 4.90 Å². The quantitative estimate of drug-likeness (QED) is 0.499. The van der Waals surface area contributed by atoms with Crippen LogP contribution in [0, 0.1) is 0 Å². The van der Waals surface area contributed by atoms with Crippen LogP contribution >= 0.6 is 0 Å². The van der Waals surface area contributed by atoms with E-state index >= 15 is 0 Å². The lowest BCUT2D eigenvalue weighted by atomic mass is 10.0. The summed E-state index contributed by atoms with van der Waals surface area (Å²) in [6, 6.07) is 24.7. The number of nitrogens with zero attached hydrogens (tertiary/aromatic N) is 1. The molecule has 0 bridgehead atoms. The number of carbonyl (C=O) groups is 1. The first kappa shape index (κ1) is 19.5. The number of nitrogens with one attached hydrogen (secondary N) is 2. The number of hydrazone groups is 1. The summed E-state index contributed by atoms with van der Waals surface area (Å²) in [6.45, 7) is 0. The van der Waals surface area contributed by atoms with E-state index in [0.717, 1.165) is 11.1 Å². The molecule has 1 amide bonds. The minimum absolute atomic E-state index is 0.0873. The Balaban J connectivity index is 1.86. The van der Waals surface area contributed by atoms with E-state index in [1.165, 1.54) is 31.3 Å². The molecule has 0 radical (unpaired) electrons. The summed E-state index contributed by atoms with van der Waals surface area (Å²) >= 11 is 0. The van der Waals surface area contributed by atoms with E-state index in [9.17, 15) is 13.2 Å².